The Bertz CT molecular complexity index is 225. The first-order valence-corrected chi connectivity index (χ1v) is 5.51. The van der Waals surface area contributed by atoms with Crippen molar-refractivity contribution in [2.45, 2.75) is 50.5 Å². The summed E-state index contributed by atoms with van der Waals surface area (Å²) in [7, 11) is 0. The molecule has 2 atom stereocenters. The highest BCUT2D eigenvalue weighted by Crippen LogP contribution is 2.33. The van der Waals surface area contributed by atoms with E-state index in [9.17, 15) is 13.2 Å². The predicted octanol–water partition coefficient (Wildman–Crippen LogP) is 1.76. The molecule has 2 aliphatic rings. The smallest absolute Gasteiger partial charge is 0.305 e. The summed E-state index contributed by atoms with van der Waals surface area (Å²) in [5.41, 5.74) is 0. The van der Waals surface area contributed by atoms with Crippen molar-refractivity contribution >= 4 is 0 Å². The largest absolute Gasteiger partial charge is 0.401 e. The Hall–Kier alpha value is -0.290. The molecule has 88 valence electrons. The third-order valence-corrected chi connectivity index (χ3v) is 3.23. The fourth-order valence-electron chi connectivity index (χ4n) is 2.38. The van der Waals surface area contributed by atoms with Crippen molar-refractivity contribution in [2.24, 2.45) is 0 Å². The van der Waals surface area contributed by atoms with Crippen LogP contribution in [0.4, 0.5) is 13.2 Å². The molecule has 1 aliphatic heterocycles. The zero-order chi connectivity index (χ0) is 11.1. The summed E-state index contributed by atoms with van der Waals surface area (Å²) in [6.45, 7) is 2.03. The lowest BCUT2D eigenvalue weighted by Gasteiger charge is -2.19. The molecule has 2 rings (SSSR count). The van der Waals surface area contributed by atoms with Gasteiger partial charge in [-0.3, -0.25) is 4.90 Å². The van der Waals surface area contributed by atoms with Gasteiger partial charge in [-0.05, 0) is 26.2 Å². The molecule has 2 nitrogen and oxygen atoms in total. The summed E-state index contributed by atoms with van der Waals surface area (Å²) in [5.74, 6) is 0. The van der Waals surface area contributed by atoms with Gasteiger partial charge in [0.15, 0.2) is 0 Å². The number of hydrogen-bond donors (Lipinski definition) is 1. The van der Waals surface area contributed by atoms with Crippen LogP contribution in [-0.4, -0.2) is 42.3 Å². The molecule has 0 bridgehead atoms. The zero-order valence-electron chi connectivity index (χ0n) is 8.85. The quantitative estimate of drug-likeness (QED) is 0.782. The van der Waals surface area contributed by atoms with E-state index in [0.29, 0.717) is 12.1 Å². The summed E-state index contributed by atoms with van der Waals surface area (Å²) in [4.78, 5) is 2.34. The van der Waals surface area contributed by atoms with Crippen LogP contribution in [0.5, 0.6) is 0 Å². The number of alkyl halides is 3. The highest BCUT2D eigenvalue weighted by molar-refractivity contribution is 4.96. The normalized spacial score (nSPS) is 33.6. The zero-order valence-corrected chi connectivity index (χ0v) is 8.85. The highest BCUT2D eigenvalue weighted by Gasteiger charge is 2.39. The van der Waals surface area contributed by atoms with E-state index in [0.717, 1.165) is 13.0 Å². The fraction of sp³-hybridized carbons (Fsp3) is 1.00. The van der Waals surface area contributed by atoms with Crippen LogP contribution in [0.1, 0.15) is 26.2 Å². The average Bonchev–Trinajstić information content (AvgIpc) is 2.87. The standard InChI is InChI=1S/C10H17F3N2/c1-7-4-8(14-6-10(11,12)13)5-15(7)9-2-3-9/h7-9,14H,2-6H2,1H3. The molecule has 2 fully saturated rings. The Morgan fingerprint density at radius 2 is 2.00 bits per heavy atom. The monoisotopic (exact) mass is 222 g/mol. The van der Waals surface area contributed by atoms with E-state index in [1.165, 1.54) is 12.8 Å². The van der Waals surface area contributed by atoms with E-state index in [4.69, 9.17) is 0 Å². The van der Waals surface area contributed by atoms with Crippen LogP contribution >= 0.6 is 0 Å². The van der Waals surface area contributed by atoms with E-state index in [-0.39, 0.29) is 6.04 Å². The SMILES string of the molecule is CC1CC(NCC(F)(F)F)CN1C1CC1. The van der Waals surface area contributed by atoms with E-state index < -0.39 is 12.7 Å². The Morgan fingerprint density at radius 1 is 1.33 bits per heavy atom. The molecular weight excluding hydrogens is 205 g/mol. The first-order chi connectivity index (χ1) is 6.96. The minimum absolute atomic E-state index is 0.0159. The number of rotatable bonds is 3. The first kappa shape index (κ1) is 11.2. The molecule has 5 heteroatoms. The van der Waals surface area contributed by atoms with Gasteiger partial charge in [0, 0.05) is 24.7 Å². The van der Waals surface area contributed by atoms with Crippen LogP contribution in [0.2, 0.25) is 0 Å². The highest BCUT2D eigenvalue weighted by atomic mass is 19.4. The van der Waals surface area contributed by atoms with Crippen LogP contribution in [0.3, 0.4) is 0 Å². The lowest BCUT2D eigenvalue weighted by Crippen LogP contribution is -2.39. The summed E-state index contributed by atoms with van der Waals surface area (Å²) < 4.78 is 36.0. The van der Waals surface area contributed by atoms with Crippen molar-refractivity contribution in [3.63, 3.8) is 0 Å². The van der Waals surface area contributed by atoms with Gasteiger partial charge in [0.05, 0.1) is 6.54 Å². The molecule has 0 aromatic rings. The van der Waals surface area contributed by atoms with Crippen molar-refractivity contribution in [2.75, 3.05) is 13.1 Å². The van der Waals surface area contributed by atoms with Gasteiger partial charge in [0.25, 0.3) is 0 Å². The second-order valence-electron chi connectivity index (χ2n) is 4.71. The topological polar surface area (TPSA) is 15.3 Å². The van der Waals surface area contributed by atoms with Gasteiger partial charge in [-0.2, -0.15) is 13.2 Å². The lowest BCUT2D eigenvalue weighted by molar-refractivity contribution is -0.126. The van der Waals surface area contributed by atoms with Crippen LogP contribution in [0, 0.1) is 0 Å². The van der Waals surface area contributed by atoms with Crippen LogP contribution in [0.15, 0.2) is 0 Å². The molecule has 2 unspecified atom stereocenters. The minimum Gasteiger partial charge on any atom is -0.305 e. The molecule has 15 heavy (non-hydrogen) atoms. The van der Waals surface area contributed by atoms with E-state index in [1.807, 2.05) is 0 Å². The van der Waals surface area contributed by atoms with Crippen molar-refractivity contribution < 1.29 is 13.2 Å². The van der Waals surface area contributed by atoms with Crippen LogP contribution in [0.25, 0.3) is 0 Å². The van der Waals surface area contributed by atoms with Gasteiger partial charge in [-0.25, -0.2) is 0 Å². The van der Waals surface area contributed by atoms with Gasteiger partial charge in [0.1, 0.15) is 0 Å². The molecule has 1 saturated carbocycles. The van der Waals surface area contributed by atoms with Gasteiger partial charge in [-0.1, -0.05) is 0 Å². The number of hydrogen-bond acceptors (Lipinski definition) is 2. The number of likely N-dealkylation sites (tertiary alicyclic amines) is 1. The molecule has 0 spiro atoms. The molecule has 1 saturated heterocycles. The Kier molecular flexibility index (Phi) is 2.94. The van der Waals surface area contributed by atoms with Crippen molar-refractivity contribution in [1.82, 2.24) is 10.2 Å². The fourth-order valence-corrected chi connectivity index (χ4v) is 2.38. The summed E-state index contributed by atoms with van der Waals surface area (Å²) in [6, 6.07) is 1.10. The number of halogens is 3. The van der Waals surface area contributed by atoms with Gasteiger partial charge in [-0.15, -0.1) is 0 Å². The minimum atomic E-state index is -4.09. The van der Waals surface area contributed by atoms with Gasteiger partial charge in [0.2, 0.25) is 0 Å². The maximum Gasteiger partial charge on any atom is 0.401 e. The molecule has 0 amide bonds. The Balaban J connectivity index is 1.76. The number of nitrogens with one attached hydrogen (secondary N) is 1. The molecule has 0 aromatic carbocycles. The van der Waals surface area contributed by atoms with Gasteiger partial charge < -0.3 is 5.32 Å². The van der Waals surface area contributed by atoms with E-state index in [1.54, 1.807) is 0 Å². The molecule has 1 N–H and O–H groups in total. The summed E-state index contributed by atoms with van der Waals surface area (Å²) >= 11 is 0. The number of nitrogens with zero attached hydrogens (tertiary/aromatic N) is 1. The third kappa shape index (κ3) is 3.08. The van der Waals surface area contributed by atoms with Crippen molar-refractivity contribution in [3.8, 4) is 0 Å². The van der Waals surface area contributed by atoms with Gasteiger partial charge >= 0.3 is 6.18 Å². The Morgan fingerprint density at radius 3 is 2.53 bits per heavy atom. The lowest BCUT2D eigenvalue weighted by atomic mass is 10.2. The summed E-state index contributed by atoms with van der Waals surface area (Å²) in [6.07, 6.45) is -0.810. The van der Waals surface area contributed by atoms with Crippen LogP contribution in [-0.2, 0) is 0 Å². The summed E-state index contributed by atoms with van der Waals surface area (Å²) in [5, 5.41) is 2.60. The Labute approximate surface area is 87.8 Å². The molecule has 0 radical (unpaired) electrons. The molecular formula is C10H17F3N2. The first-order valence-electron chi connectivity index (χ1n) is 5.51. The third-order valence-electron chi connectivity index (χ3n) is 3.23. The van der Waals surface area contributed by atoms with Crippen molar-refractivity contribution in [1.29, 1.82) is 0 Å². The van der Waals surface area contributed by atoms with Crippen molar-refractivity contribution in [3.05, 3.63) is 0 Å². The maximum absolute atomic E-state index is 12.0. The molecule has 1 aliphatic carbocycles. The second kappa shape index (κ2) is 3.94. The molecule has 1 heterocycles. The van der Waals surface area contributed by atoms with E-state index in [2.05, 4.69) is 17.1 Å². The van der Waals surface area contributed by atoms with E-state index >= 15 is 0 Å². The van der Waals surface area contributed by atoms with Crippen LogP contribution < -0.4 is 5.32 Å². The second-order valence-corrected chi connectivity index (χ2v) is 4.71. The average molecular weight is 222 g/mol. The predicted molar refractivity (Wildman–Crippen MR) is 51.7 cm³/mol. The maximum atomic E-state index is 12.0. The molecule has 0 aromatic heterocycles.